The summed E-state index contributed by atoms with van der Waals surface area (Å²) in [6.45, 7) is 2.61. The summed E-state index contributed by atoms with van der Waals surface area (Å²) >= 11 is 0. The zero-order valence-electron chi connectivity index (χ0n) is 20.5. The fourth-order valence-electron chi connectivity index (χ4n) is 3.52. The molecule has 0 aliphatic heterocycles. The number of aromatic nitrogens is 3. The van der Waals surface area contributed by atoms with Crippen LogP contribution < -0.4 is 4.72 Å². The van der Waals surface area contributed by atoms with Crippen LogP contribution in [0.2, 0.25) is 0 Å². The van der Waals surface area contributed by atoms with Gasteiger partial charge in [-0.15, -0.1) is 0 Å². The first-order valence-corrected chi connectivity index (χ1v) is 12.8. The van der Waals surface area contributed by atoms with Gasteiger partial charge in [-0.05, 0) is 56.2 Å². The fraction of sp³-hybridized carbons (Fsp3) is 0.231. The number of aliphatic hydroxyl groups is 1. The topological polar surface area (TPSA) is 96.6 Å². The van der Waals surface area contributed by atoms with E-state index in [2.05, 4.69) is 26.6 Å². The number of hydrogen-bond acceptors (Lipinski definition) is 5. The Bertz CT molecular complexity index is 1690. The maximum Gasteiger partial charge on any atom is 0.416 e. The third-order valence-electron chi connectivity index (χ3n) is 5.47. The number of nitrogens with zero attached hydrogens (tertiary/aromatic N) is 3. The normalized spacial score (nSPS) is 12.5. The summed E-state index contributed by atoms with van der Waals surface area (Å²) < 4.78 is 94.8. The summed E-state index contributed by atoms with van der Waals surface area (Å²) in [7, 11) is -3.97. The largest absolute Gasteiger partial charge is 0.416 e. The highest BCUT2D eigenvalue weighted by atomic mass is 32.2. The molecule has 204 valence electrons. The Labute approximate surface area is 220 Å². The van der Waals surface area contributed by atoms with Crippen molar-refractivity contribution in [3.8, 4) is 23.1 Å². The predicted molar refractivity (Wildman–Crippen MR) is 132 cm³/mol. The van der Waals surface area contributed by atoms with Gasteiger partial charge in [0.15, 0.2) is 5.65 Å². The van der Waals surface area contributed by atoms with Crippen molar-refractivity contribution >= 4 is 15.7 Å². The smallest absolute Gasteiger partial charge is 0.394 e. The van der Waals surface area contributed by atoms with Gasteiger partial charge in [-0.25, -0.2) is 31.4 Å². The molecule has 0 aliphatic carbocycles. The lowest BCUT2D eigenvalue weighted by Gasteiger charge is -2.23. The van der Waals surface area contributed by atoms with E-state index < -0.39 is 46.0 Å². The van der Waals surface area contributed by atoms with E-state index in [1.807, 2.05) is 0 Å². The fourth-order valence-corrected chi connectivity index (χ4v) is 4.97. The molecule has 2 N–H and O–H groups in total. The average molecular weight is 565 g/mol. The van der Waals surface area contributed by atoms with Crippen LogP contribution in [0.1, 0.15) is 42.8 Å². The third-order valence-corrected chi connectivity index (χ3v) is 7.17. The summed E-state index contributed by atoms with van der Waals surface area (Å²) in [5.74, 6) is 5.43. The van der Waals surface area contributed by atoms with Gasteiger partial charge < -0.3 is 5.11 Å². The van der Waals surface area contributed by atoms with Crippen molar-refractivity contribution in [3.05, 3.63) is 83.2 Å². The minimum atomic E-state index is -4.54. The van der Waals surface area contributed by atoms with Gasteiger partial charge in [-0.2, -0.15) is 18.3 Å². The van der Waals surface area contributed by atoms with Gasteiger partial charge in [0.05, 0.1) is 28.3 Å². The van der Waals surface area contributed by atoms with Crippen LogP contribution in [0.5, 0.6) is 0 Å². The quantitative estimate of drug-likeness (QED) is 0.259. The SMILES string of the molecule is CC(C)(CO)NS(=O)(=O)c1cccc(C#Cc2cc3nc(-c4ccc(C(F)(F)F)cc4)cc(C(F)F)n3n2)c1. The molecular weight excluding hydrogens is 543 g/mol. The van der Waals surface area contributed by atoms with Crippen molar-refractivity contribution in [2.24, 2.45) is 0 Å². The highest BCUT2D eigenvalue weighted by Gasteiger charge is 2.30. The van der Waals surface area contributed by atoms with E-state index in [1.54, 1.807) is 6.07 Å². The summed E-state index contributed by atoms with van der Waals surface area (Å²) in [4.78, 5) is 4.17. The molecule has 0 atom stereocenters. The van der Waals surface area contributed by atoms with Crippen LogP contribution in [0.3, 0.4) is 0 Å². The van der Waals surface area contributed by atoms with E-state index in [4.69, 9.17) is 0 Å². The first-order chi connectivity index (χ1) is 18.2. The lowest BCUT2D eigenvalue weighted by Crippen LogP contribution is -2.46. The molecule has 0 unspecified atom stereocenters. The molecule has 0 radical (unpaired) electrons. The molecule has 0 fully saturated rings. The molecule has 39 heavy (non-hydrogen) atoms. The number of hydrogen-bond donors (Lipinski definition) is 2. The molecule has 13 heteroatoms. The Balaban J connectivity index is 1.69. The van der Waals surface area contributed by atoms with E-state index >= 15 is 0 Å². The molecule has 0 saturated carbocycles. The molecular formula is C26H21F5N4O3S. The van der Waals surface area contributed by atoms with Crippen molar-refractivity contribution in [1.82, 2.24) is 19.3 Å². The summed E-state index contributed by atoms with van der Waals surface area (Å²) in [6, 6.07) is 12.0. The van der Waals surface area contributed by atoms with E-state index in [0.29, 0.717) is 5.56 Å². The second-order valence-electron chi connectivity index (χ2n) is 9.17. The molecule has 2 aromatic heterocycles. The molecule has 0 spiro atoms. The van der Waals surface area contributed by atoms with Crippen LogP contribution in [-0.4, -0.2) is 40.3 Å². The number of fused-ring (bicyclic) bond motifs is 1. The van der Waals surface area contributed by atoms with Crippen molar-refractivity contribution < 1.29 is 35.5 Å². The van der Waals surface area contributed by atoms with Crippen LogP contribution in [0.4, 0.5) is 22.0 Å². The minimum Gasteiger partial charge on any atom is -0.394 e. The van der Waals surface area contributed by atoms with Gasteiger partial charge in [0.25, 0.3) is 6.43 Å². The zero-order valence-corrected chi connectivity index (χ0v) is 21.3. The second-order valence-corrected chi connectivity index (χ2v) is 10.8. The average Bonchev–Trinajstić information content (AvgIpc) is 3.29. The number of rotatable bonds is 6. The maximum atomic E-state index is 13.8. The highest BCUT2D eigenvalue weighted by Crippen LogP contribution is 2.32. The zero-order chi connectivity index (χ0) is 28.6. The molecule has 2 heterocycles. The maximum absolute atomic E-state index is 13.8. The van der Waals surface area contributed by atoms with Gasteiger partial charge in [-0.1, -0.05) is 24.1 Å². The molecule has 4 aromatic rings. The van der Waals surface area contributed by atoms with Crippen molar-refractivity contribution in [1.29, 1.82) is 0 Å². The van der Waals surface area contributed by atoms with Gasteiger partial charge in [0, 0.05) is 17.2 Å². The standard InChI is InChI=1S/C26H21F5N4O3S/c1-25(2,15-36)34-39(37,38)20-5-3-4-16(12-20)6-11-19-13-23-32-21(14-22(24(27)28)35(23)33-19)17-7-9-18(10-8-17)26(29,30)31/h3-5,7-10,12-14,24,34,36H,15H2,1-2H3. The van der Waals surface area contributed by atoms with E-state index in [0.717, 1.165) is 34.8 Å². The molecule has 0 aliphatic rings. The molecule has 0 bridgehead atoms. The van der Waals surface area contributed by atoms with Crippen molar-refractivity contribution in [2.45, 2.75) is 36.9 Å². The van der Waals surface area contributed by atoms with Crippen LogP contribution in [-0.2, 0) is 16.2 Å². The van der Waals surface area contributed by atoms with Crippen LogP contribution in [0.15, 0.2) is 65.6 Å². The van der Waals surface area contributed by atoms with Gasteiger partial charge in [-0.3, -0.25) is 0 Å². The molecule has 0 amide bonds. The third kappa shape index (κ3) is 6.42. The number of sulfonamides is 1. The molecule has 4 rings (SSSR count). The minimum absolute atomic E-state index is 0.00115. The summed E-state index contributed by atoms with van der Waals surface area (Å²) in [5, 5.41) is 13.4. The first kappa shape index (κ1) is 28.2. The van der Waals surface area contributed by atoms with Crippen molar-refractivity contribution in [3.63, 3.8) is 0 Å². The second kappa shape index (κ2) is 10.4. The van der Waals surface area contributed by atoms with Gasteiger partial charge in [0.2, 0.25) is 10.0 Å². The Morgan fingerprint density at radius 1 is 1.03 bits per heavy atom. The van der Waals surface area contributed by atoms with Crippen LogP contribution in [0.25, 0.3) is 16.9 Å². The van der Waals surface area contributed by atoms with Gasteiger partial charge in [0.1, 0.15) is 11.4 Å². The number of halogens is 5. The Hall–Kier alpha value is -3.86. The highest BCUT2D eigenvalue weighted by molar-refractivity contribution is 7.89. The van der Waals surface area contributed by atoms with E-state index in [1.165, 1.54) is 38.1 Å². The number of alkyl halides is 5. The lowest BCUT2D eigenvalue weighted by molar-refractivity contribution is -0.137. The molecule has 0 saturated heterocycles. The Morgan fingerprint density at radius 3 is 2.33 bits per heavy atom. The van der Waals surface area contributed by atoms with Crippen molar-refractivity contribution in [2.75, 3.05) is 6.61 Å². The predicted octanol–water partition coefficient (Wildman–Crippen LogP) is 4.80. The summed E-state index contributed by atoms with van der Waals surface area (Å²) in [5.41, 5.74) is -1.92. The first-order valence-electron chi connectivity index (χ1n) is 11.3. The van der Waals surface area contributed by atoms with E-state index in [-0.39, 0.29) is 27.5 Å². The van der Waals surface area contributed by atoms with Crippen LogP contribution in [0, 0.1) is 11.8 Å². The molecule has 7 nitrogen and oxygen atoms in total. The Kier molecular flexibility index (Phi) is 7.48. The number of nitrogens with one attached hydrogen (secondary N) is 1. The molecule has 2 aromatic carbocycles. The number of aliphatic hydroxyl groups excluding tert-OH is 1. The lowest BCUT2D eigenvalue weighted by atomic mass is 10.1. The monoisotopic (exact) mass is 564 g/mol. The Morgan fingerprint density at radius 2 is 1.72 bits per heavy atom. The van der Waals surface area contributed by atoms with Gasteiger partial charge >= 0.3 is 6.18 Å². The summed E-state index contributed by atoms with van der Waals surface area (Å²) in [6.07, 6.45) is -7.51. The van der Waals surface area contributed by atoms with Crippen LogP contribution >= 0.6 is 0 Å². The van der Waals surface area contributed by atoms with E-state index in [9.17, 15) is 35.5 Å². The number of benzene rings is 2.